The number of hydrogen-bond acceptors (Lipinski definition) is 1. The van der Waals surface area contributed by atoms with E-state index in [1.807, 2.05) is 0 Å². The Kier molecular flexibility index (Phi) is 3.34. The van der Waals surface area contributed by atoms with Crippen LogP contribution in [0.3, 0.4) is 0 Å². The van der Waals surface area contributed by atoms with E-state index in [9.17, 15) is 22.7 Å². The Balaban J connectivity index is 3.17. The summed E-state index contributed by atoms with van der Waals surface area (Å²) in [7, 11) is 0. The minimum atomic E-state index is -4.73. The van der Waals surface area contributed by atoms with Crippen molar-refractivity contribution in [3.63, 3.8) is 0 Å². The topological polar surface area (TPSA) is 20.2 Å². The SMILES string of the molecule is CCC(O)c1ccc(F)c(C(F)(F)F)c1. The van der Waals surface area contributed by atoms with Crippen LogP contribution in [0.5, 0.6) is 0 Å². The third kappa shape index (κ3) is 2.68. The molecule has 1 rings (SSSR count). The molecular formula is C10H10F4O. The van der Waals surface area contributed by atoms with Gasteiger partial charge < -0.3 is 5.11 Å². The molecular weight excluding hydrogens is 212 g/mol. The normalized spacial score (nSPS) is 14.0. The maximum Gasteiger partial charge on any atom is 0.419 e. The monoisotopic (exact) mass is 222 g/mol. The minimum absolute atomic E-state index is 0.0752. The number of aliphatic hydroxyl groups is 1. The zero-order valence-electron chi connectivity index (χ0n) is 7.98. The van der Waals surface area contributed by atoms with Crippen molar-refractivity contribution in [2.45, 2.75) is 25.6 Å². The molecule has 0 fully saturated rings. The molecule has 1 atom stereocenters. The van der Waals surface area contributed by atoms with Crippen LogP contribution in [0, 0.1) is 5.82 Å². The average Bonchev–Trinajstić information content (AvgIpc) is 2.15. The molecule has 0 aromatic heterocycles. The first-order valence-corrected chi connectivity index (χ1v) is 4.41. The number of aliphatic hydroxyl groups excluding tert-OH is 1. The Bertz CT molecular complexity index is 346. The molecule has 15 heavy (non-hydrogen) atoms. The van der Waals surface area contributed by atoms with Crippen molar-refractivity contribution >= 4 is 0 Å². The van der Waals surface area contributed by atoms with Gasteiger partial charge in [0.2, 0.25) is 0 Å². The van der Waals surface area contributed by atoms with Gasteiger partial charge in [-0.2, -0.15) is 13.2 Å². The van der Waals surface area contributed by atoms with Crippen LogP contribution in [0.2, 0.25) is 0 Å². The largest absolute Gasteiger partial charge is 0.419 e. The van der Waals surface area contributed by atoms with Crippen molar-refractivity contribution in [3.05, 3.63) is 35.1 Å². The Hall–Kier alpha value is -1.10. The molecule has 0 spiro atoms. The van der Waals surface area contributed by atoms with Gasteiger partial charge in [0.05, 0.1) is 11.7 Å². The Morgan fingerprint density at radius 2 is 1.93 bits per heavy atom. The molecule has 0 aliphatic heterocycles. The van der Waals surface area contributed by atoms with Gasteiger partial charge in [0.25, 0.3) is 0 Å². The molecule has 1 unspecified atom stereocenters. The van der Waals surface area contributed by atoms with E-state index in [0.29, 0.717) is 6.07 Å². The van der Waals surface area contributed by atoms with E-state index < -0.39 is 23.7 Å². The van der Waals surface area contributed by atoms with Gasteiger partial charge in [0, 0.05) is 0 Å². The van der Waals surface area contributed by atoms with Gasteiger partial charge in [-0.15, -0.1) is 0 Å². The van der Waals surface area contributed by atoms with Gasteiger partial charge >= 0.3 is 6.18 Å². The fourth-order valence-corrected chi connectivity index (χ4v) is 1.20. The molecule has 0 saturated carbocycles. The molecule has 0 radical (unpaired) electrons. The fourth-order valence-electron chi connectivity index (χ4n) is 1.20. The van der Waals surface area contributed by atoms with Gasteiger partial charge in [-0.05, 0) is 24.1 Å². The van der Waals surface area contributed by atoms with Gasteiger partial charge in [0.1, 0.15) is 5.82 Å². The van der Waals surface area contributed by atoms with Crippen molar-refractivity contribution in [2.24, 2.45) is 0 Å². The summed E-state index contributed by atoms with van der Waals surface area (Å²) >= 11 is 0. The zero-order chi connectivity index (χ0) is 11.6. The van der Waals surface area contributed by atoms with E-state index in [1.54, 1.807) is 6.92 Å². The first-order valence-electron chi connectivity index (χ1n) is 4.41. The highest BCUT2D eigenvalue weighted by molar-refractivity contribution is 5.28. The van der Waals surface area contributed by atoms with Gasteiger partial charge in [-0.1, -0.05) is 13.0 Å². The summed E-state index contributed by atoms with van der Waals surface area (Å²) in [5.41, 5.74) is -1.27. The van der Waals surface area contributed by atoms with E-state index >= 15 is 0 Å². The van der Waals surface area contributed by atoms with Crippen molar-refractivity contribution < 1.29 is 22.7 Å². The first-order chi connectivity index (χ1) is 6.86. The van der Waals surface area contributed by atoms with E-state index in [-0.39, 0.29) is 12.0 Å². The molecule has 1 nitrogen and oxygen atoms in total. The second-order valence-electron chi connectivity index (χ2n) is 3.16. The van der Waals surface area contributed by atoms with E-state index in [0.717, 1.165) is 12.1 Å². The molecule has 0 aliphatic rings. The first kappa shape index (κ1) is 12.0. The Labute approximate surface area is 84.3 Å². The van der Waals surface area contributed by atoms with Crippen LogP contribution in [-0.4, -0.2) is 5.11 Å². The Morgan fingerprint density at radius 1 is 1.33 bits per heavy atom. The molecule has 1 N–H and O–H groups in total. The van der Waals surface area contributed by atoms with Crippen LogP contribution in [0.1, 0.15) is 30.6 Å². The summed E-state index contributed by atoms with van der Waals surface area (Å²) in [6, 6.07) is 2.51. The van der Waals surface area contributed by atoms with Gasteiger partial charge in [-0.3, -0.25) is 0 Å². The highest BCUT2D eigenvalue weighted by Gasteiger charge is 2.34. The molecule has 5 heteroatoms. The summed E-state index contributed by atoms with van der Waals surface area (Å²) in [4.78, 5) is 0. The van der Waals surface area contributed by atoms with Crippen LogP contribution < -0.4 is 0 Å². The summed E-state index contributed by atoms with van der Waals surface area (Å²) in [5, 5.41) is 9.32. The summed E-state index contributed by atoms with van der Waals surface area (Å²) in [6.07, 6.45) is -5.44. The third-order valence-electron chi connectivity index (χ3n) is 2.07. The second-order valence-corrected chi connectivity index (χ2v) is 3.16. The van der Waals surface area contributed by atoms with E-state index in [4.69, 9.17) is 0 Å². The predicted molar refractivity (Wildman–Crippen MR) is 46.7 cm³/mol. The molecule has 0 aliphatic carbocycles. The number of alkyl halides is 3. The van der Waals surface area contributed by atoms with Gasteiger partial charge in [-0.25, -0.2) is 4.39 Å². The maximum atomic E-state index is 12.8. The van der Waals surface area contributed by atoms with Crippen molar-refractivity contribution in [1.29, 1.82) is 0 Å². The lowest BCUT2D eigenvalue weighted by Gasteiger charge is -2.12. The fraction of sp³-hybridized carbons (Fsp3) is 0.400. The quantitative estimate of drug-likeness (QED) is 0.761. The smallest absolute Gasteiger partial charge is 0.388 e. The third-order valence-corrected chi connectivity index (χ3v) is 2.07. The predicted octanol–water partition coefficient (Wildman–Crippen LogP) is 3.29. The van der Waals surface area contributed by atoms with Crippen LogP contribution in [-0.2, 0) is 6.18 Å². The van der Waals surface area contributed by atoms with Crippen LogP contribution in [0.25, 0.3) is 0 Å². The van der Waals surface area contributed by atoms with Crippen LogP contribution in [0.15, 0.2) is 18.2 Å². The van der Waals surface area contributed by atoms with Crippen molar-refractivity contribution in [3.8, 4) is 0 Å². The molecule has 0 bridgehead atoms. The molecule has 84 valence electrons. The lowest BCUT2D eigenvalue weighted by atomic mass is 10.0. The highest BCUT2D eigenvalue weighted by atomic mass is 19.4. The number of halogens is 4. The van der Waals surface area contributed by atoms with Crippen LogP contribution >= 0.6 is 0 Å². The van der Waals surface area contributed by atoms with Gasteiger partial charge in [0.15, 0.2) is 0 Å². The average molecular weight is 222 g/mol. The van der Waals surface area contributed by atoms with E-state index in [2.05, 4.69) is 0 Å². The Morgan fingerprint density at radius 3 is 2.40 bits per heavy atom. The zero-order valence-corrected chi connectivity index (χ0v) is 7.98. The second kappa shape index (κ2) is 4.18. The number of rotatable bonds is 2. The molecule has 0 saturated heterocycles. The standard InChI is InChI=1S/C10H10F4O/c1-2-9(15)6-3-4-8(11)7(5-6)10(12,13)14/h3-5,9,15H,2H2,1H3. The molecule has 0 amide bonds. The van der Waals surface area contributed by atoms with Crippen molar-refractivity contribution in [1.82, 2.24) is 0 Å². The number of benzene rings is 1. The minimum Gasteiger partial charge on any atom is -0.388 e. The van der Waals surface area contributed by atoms with Crippen LogP contribution in [0.4, 0.5) is 17.6 Å². The molecule has 1 aromatic rings. The molecule has 1 aromatic carbocycles. The summed E-state index contributed by atoms with van der Waals surface area (Å²) < 4.78 is 49.7. The highest BCUT2D eigenvalue weighted by Crippen LogP contribution is 2.33. The summed E-state index contributed by atoms with van der Waals surface area (Å²) in [6.45, 7) is 1.63. The van der Waals surface area contributed by atoms with E-state index in [1.165, 1.54) is 0 Å². The molecule has 0 heterocycles. The summed E-state index contributed by atoms with van der Waals surface area (Å²) in [5.74, 6) is -1.32. The number of hydrogen-bond donors (Lipinski definition) is 1. The maximum absolute atomic E-state index is 12.8. The lowest BCUT2D eigenvalue weighted by molar-refractivity contribution is -0.140. The lowest BCUT2D eigenvalue weighted by Crippen LogP contribution is -2.09. The van der Waals surface area contributed by atoms with Crippen molar-refractivity contribution in [2.75, 3.05) is 0 Å².